The van der Waals surface area contributed by atoms with Gasteiger partial charge in [-0.15, -0.1) is 0 Å². The molecule has 0 atom stereocenters. The van der Waals surface area contributed by atoms with Crippen LogP contribution in [-0.4, -0.2) is 48.5 Å². The molecule has 1 rings (SSSR count). The topological polar surface area (TPSA) is 45.4 Å². The first-order valence-electron chi connectivity index (χ1n) is 6.19. The molecule has 0 aromatic carbocycles. The van der Waals surface area contributed by atoms with Crippen LogP contribution in [0, 0.1) is 0 Å². The highest BCUT2D eigenvalue weighted by atomic mass is 15.2. The van der Waals surface area contributed by atoms with E-state index < -0.39 is 0 Å². The van der Waals surface area contributed by atoms with Gasteiger partial charge in [-0.1, -0.05) is 6.92 Å². The van der Waals surface area contributed by atoms with Gasteiger partial charge in [0.2, 0.25) is 0 Å². The van der Waals surface area contributed by atoms with Gasteiger partial charge in [-0.3, -0.25) is 4.90 Å². The quantitative estimate of drug-likeness (QED) is 0.778. The monoisotopic (exact) mass is 236 g/mol. The molecule has 4 heteroatoms. The summed E-state index contributed by atoms with van der Waals surface area (Å²) in [6, 6.07) is 3.99. The maximum atomic E-state index is 5.69. The second kappa shape index (κ2) is 7.25. The lowest BCUT2D eigenvalue weighted by molar-refractivity contribution is 0.234. The Hall–Kier alpha value is -1.13. The van der Waals surface area contributed by atoms with Gasteiger partial charge in [-0.05, 0) is 44.8 Å². The summed E-state index contributed by atoms with van der Waals surface area (Å²) in [7, 11) is 4.21. The second-order valence-corrected chi connectivity index (χ2v) is 4.67. The molecular weight excluding hydrogens is 212 g/mol. The summed E-state index contributed by atoms with van der Waals surface area (Å²) in [6.07, 6.45) is 2.95. The molecule has 0 aliphatic rings. The van der Waals surface area contributed by atoms with E-state index in [1.807, 2.05) is 12.1 Å². The van der Waals surface area contributed by atoms with Crippen LogP contribution in [0.3, 0.4) is 0 Å². The molecule has 4 nitrogen and oxygen atoms in total. The minimum atomic E-state index is 0.603. The zero-order valence-corrected chi connectivity index (χ0v) is 11.2. The van der Waals surface area contributed by atoms with E-state index in [1.165, 1.54) is 12.0 Å². The smallest absolute Gasteiger partial charge is 0.123 e. The standard InChI is InChI=1S/C13H24N4/c1-4-7-17(9-8-16(2)3)11-12-5-6-15-13(14)10-12/h5-6,10H,4,7-9,11H2,1-3H3,(H2,14,15). The van der Waals surface area contributed by atoms with E-state index in [1.54, 1.807) is 6.20 Å². The number of aromatic nitrogens is 1. The summed E-state index contributed by atoms with van der Waals surface area (Å²) in [5.74, 6) is 0.603. The largest absolute Gasteiger partial charge is 0.384 e. The van der Waals surface area contributed by atoms with Crippen LogP contribution in [0.5, 0.6) is 0 Å². The molecule has 1 heterocycles. The molecule has 0 unspecified atom stereocenters. The third-order valence-electron chi connectivity index (χ3n) is 2.65. The number of nitrogens with two attached hydrogens (primary N) is 1. The minimum absolute atomic E-state index is 0.603. The van der Waals surface area contributed by atoms with Gasteiger partial charge in [0.25, 0.3) is 0 Å². The SMILES string of the molecule is CCCN(CCN(C)C)Cc1ccnc(N)c1. The van der Waals surface area contributed by atoms with Crippen molar-refractivity contribution in [3.05, 3.63) is 23.9 Å². The summed E-state index contributed by atoms with van der Waals surface area (Å²) in [4.78, 5) is 8.68. The van der Waals surface area contributed by atoms with Crippen molar-refractivity contribution in [1.82, 2.24) is 14.8 Å². The fourth-order valence-corrected chi connectivity index (χ4v) is 1.78. The van der Waals surface area contributed by atoms with Crippen LogP contribution in [0.1, 0.15) is 18.9 Å². The summed E-state index contributed by atoms with van der Waals surface area (Å²) >= 11 is 0. The summed E-state index contributed by atoms with van der Waals surface area (Å²) in [5, 5.41) is 0. The summed E-state index contributed by atoms with van der Waals surface area (Å²) < 4.78 is 0. The molecule has 0 fully saturated rings. The molecule has 0 amide bonds. The normalized spacial score (nSPS) is 11.4. The van der Waals surface area contributed by atoms with Gasteiger partial charge in [0.05, 0.1) is 0 Å². The van der Waals surface area contributed by atoms with E-state index in [-0.39, 0.29) is 0 Å². The zero-order valence-electron chi connectivity index (χ0n) is 11.2. The molecule has 0 spiro atoms. The minimum Gasteiger partial charge on any atom is -0.384 e. The van der Waals surface area contributed by atoms with Gasteiger partial charge in [0.1, 0.15) is 5.82 Å². The number of hydrogen-bond donors (Lipinski definition) is 1. The maximum absolute atomic E-state index is 5.69. The Kier molecular flexibility index (Phi) is 5.94. The van der Waals surface area contributed by atoms with Gasteiger partial charge in [0, 0.05) is 25.8 Å². The zero-order chi connectivity index (χ0) is 12.7. The molecule has 1 aromatic rings. The lowest BCUT2D eigenvalue weighted by Crippen LogP contribution is -2.32. The van der Waals surface area contributed by atoms with Crippen LogP contribution in [0.4, 0.5) is 5.82 Å². The third-order valence-corrected chi connectivity index (χ3v) is 2.65. The fourth-order valence-electron chi connectivity index (χ4n) is 1.78. The average Bonchev–Trinajstić information content (AvgIpc) is 2.26. The van der Waals surface area contributed by atoms with Gasteiger partial charge < -0.3 is 10.6 Å². The molecule has 17 heavy (non-hydrogen) atoms. The molecule has 0 saturated heterocycles. The van der Waals surface area contributed by atoms with E-state index in [0.717, 1.165) is 26.2 Å². The van der Waals surface area contributed by atoms with Gasteiger partial charge in [-0.25, -0.2) is 4.98 Å². The van der Waals surface area contributed by atoms with Crippen molar-refractivity contribution < 1.29 is 0 Å². The first-order chi connectivity index (χ1) is 8.11. The van der Waals surface area contributed by atoms with Crippen molar-refractivity contribution in [2.45, 2.75) is 19.9 Å². The van der Waals surface area contributed by atoms with Gasteiger partial charge in [0.15, 0.2) is 0 Å². The Bertz CT molecular complexity index is 325. The van der Waals surface area contributed by atoms with Gasteiger partial charge in [-0.2, -0.15) is 0 Å². The molecule has 0 aliphatic carbocycles. The Morgan fingerprint density at radius 1 is 1.24 bits per heavy atom. The van der Waals surface area contributed by atoms with E-state index in [4.69, 9.17) is 5.73 Å². The number of nitrogen functional groups attached to an aromatic ring is 1. The highest BCUT2D eigenvalue weighted by Gasteiger charge is 2.05. The number of pyridine rings is 1. The predicted molar refractivity (Wildman–Crippen MR) is 72.8 cm³/mol. The van der Waals surface area contributed by atoms with Crippen LogP contribution in [0.25, 0.3) is 0 Å². The number of anilines is 1. The van der Waals surface area contributed by atoms with Crippen LogP contribution in [0.2, 0.25) is 0 Å². The van der Waals surface area contributed by atoms with E-state index in [9.17, 15) is 0 Å². The van der Waals surface area contributed by atoms with Crippen molar-refractivity contribution in [2.75, 3.05) is 39.5 Å². The first-order valence-corrected chi connectivity index (χ1v) is 6.19. The number of hydrogen-bond acceptors (Lipinski definition) is 4. The van der Waals surface area contributed by atoms with Crippen molar-refractivity contribution in [2.24, 2.45) is 0 Å². The van der Waals surface area contributed by atoms with Crippen LogP contribution in [0.15, 0.2) is 18.3 Å². The van der Waals surface area contributed by atoms with Crippen molar-refractivity contribution in [3.8, 4) is 0 Å². The number of likely N-dealkylation sites (N-methyl/N-ethyl adjacent to an activating group) is 1. The highest BCUT2D eigenvalue weighted by Crippen LogP contribution is 2.07. The van der Waals surface area contributed by atoms with E-state index >= 15 is 0 Å². The van der Waals surface area contributed by atoms with E-state index in [0.29, 0.717) is 5.82 Å². The summed E-state index contributed by atoms with van der Waals surface area (Å²) in [6.45, 7) is 6.46. The Morgan fingerprint density at radius 3 is 2.59 bits per heavy atom. The molecule has 96 valence electrons. The molecule has 0 radical (unpaired) electrons. The maximum Gasteiger partial charge on any atom is 0.123 e. The fraction of sp³-hybridized carbons (Fsp3) is 0.615. The molecule has 1 aromatic heterocycles. The van der Waals surface area contributed by atoms with Gasteiger partial charge >= 0.3 is 0 Å². The van der Waals surface area contributed by atoms with E-state index in [2.05, 4.69) is 35.8 Å². The Balaban J connectivity index is 2.53. The molecule has 0 saturated carbocycles. The van der Waals surface area contributed by atoms with Crippen LogP contribution >= 0.6 is 0 Å². The molecule has 2 N–H and O–H groups in total. The number of rotatable bonds is 7. The van der Waals surface area contributed by atoms with Crippen molar-refractivity contribution in [3.63, 3.8) is 0 Å². The Labute approximate surface area is 104 Å². The van der Waals surface area contributed by atoms with Crippen LogP contribution in [-0.2, 0) is 6.54 Å². The lowest BCUT2D eigenvalue weighted by Gasteiger charge is -2.23. The Morgan fingerprint density at radius 2 is 2.00 bits per heavy atom. The molecule has 0 bridgehead atoms. The number of nitrogens with zero attached hydrogens (tertiary/aromatic N) is 3. The second-order valence-electron chi connectivity index (χ2n) is 4.67. The molecular formula is C13H24N4. The molecule has 0 aliphatic heterocycles. The van der Waals surface area contributed by atoms with Crippen molar-refractivity contribution >= 4 is 5.82 Å². The average molecular weight is 236 g/mol. The van der Waals surface area contributed by atoms with Crippen LogP contribution < -0.4 is 5.73 Å². The third kappa shape index (κ3) is 5.65. The first kappa shape index (κ1) is 13.9. The predicted octanol–water partition coefficient (Wildman–Crippen LogP) is 1.44. The summed E-state index contributed by atoms with van der Waals surface area (Å²) in [5.41, 5.74) is 6.93. The lowest BCUT2D eigenvalue weighted by atomic mass is 10.2. The highest BCUT2D eigenvalue weighted by molar-refractivity contribution is 5.31. The van der Waals surface area contributed by atoms with Crippen molar-refractivity contribution in [1.29, 1.82) is 0 Å².